The summed E-state index contributed by atoms with van der Waals surface area (Å²) >= 11 is 0. The summed E-state index contributed by atoms with van der Waals surface area (Å²) in [7, 11) is 0. The topological polar surface area (TPSA) is 57.5 Å². The first kappa shape index (κ1) is 21.1. The van der Waals surface area contributed by atoms with Crippen molar-refractivity contribution < 1.29 is 15.0 Å². The van der Waals surface area contributed by atoms with Gasteiger partial charge in [0.1, 0.15) is 0 Å². The van der Waals surface area contributed by atoms with Gasteiger partial charge in [0.05, 0.1) is 6.10 Å². The van der Waals surface area contributed by atoms with Gasteiger partial charge in [-0.1, -0.05) is 67.7 Å². The fourth-order valence-corrected chi connectivity index (χ4v) is 1.77. The maximum absolute atomic E-state index is 10.3. The number of unbranched alkanes of at least 4 members (excludes halogenated alkanes) is 1. The van der Waals surface area contributed by atoms with Crippen molar-refractivity contribution in [2.75, 3.05) is 0 Å². The molecule has 0 amide bonds. The first-order valence-corrected chi connectivity index (χ1v) is 8.35. The van der Waals surface area contributed by atoms with Crippen LogP contribution in [0, 0.1) is 0 Å². The summed E-state index contributed by atoms with van der Waals surface area (Å²) in [6, 6.07) is 0. The Kier molecular flexibility index (Phi) is 15.2. The highest BCUT2D eigenvalue weighted by atomic mass is 16.4. The molecule has 3 nitrogen and oxygen atoms in total. The predicted octanol–water partition coefficient (Wildman–Crippen LogP) is 4.96. The number of aliphatic hydroxyl groups is 1. The van der Waals surface area contributed by atoms with Crippen molar-refractivity contribution in [3.63, 3.8) is 0 Å². The van der Waals surface area contributed by atoms with Crippen molar-refractivity contribution in [2.45, 2.75) is 58.0 Å². The monoisotopic (exact) mass is 318 g/mol. The molecule has 0 radical (unpaired) electrons. The third-order valence-electron chi connectivity index (χ3n) is 3.00. The Morgan fingerprint density at radius 1 is 0.957 bits per heavy atom. The minimum Gasteiger partial charge on any atom is -0.481 e. The molecule has 0 heterocycles. The molecular formula is C20H30O3. The zero-order chi connectivity index (χ0) is 17.2. The average Bonchev–Trinajstić information content (AvgIpc) is 2.52. The number of aliphatic hydroxyl groups excluding tert-OH is 1. The van der Waals surface area contributed by atoms with Gasteiger partial charge in [-0.05, 0) is 38.5 Å². The van der Waals surface area contributed by atoms with Gasteiger partial charge in [0.2, 0.25) is 0 Å². The number of hydrogen-bond acceptors (Lipinski definition) is 2. The van der Waals surface area contributed by atoms with Gasteiger partial charge in [-0.2, -0.15) is 0 Å². The van der Waals surface area contributed by atoms with E-state index < -0.39 is 12.1 Å². The number of carboxylic acids is 1. The van der Waals surface area contributed by atoms with Gasteiger partial charge in [0.15, 0.2) is 0 Å². The van der Waals surface area contributed by atoms with Crippen molar-refractivity contribution in [1.29, 1.82) is 0 Å². The molecule has 0 aromatic carbocycles. The molecule has 2 N–H and O–H groups in total. The van der Waals surface area contributed by atoms with Crippen LogP contribution in [0.15, 0.2) is 60.8 Å². The van der Waals surface area contributed by atoms with Crippen LogP contribution < -0.4 is 0 Å². The van der Waals surface area contributed by atoms with Gasteiger partial charge in [-0.3, -0.25) is 4.79 Å². The fourth-order valence-electron chi connectivity index (χ4n) is 1.77. The molecule has 0 fully saturated rings. The highest BCUT2D eigenvalue weighted by molar-refractivity contribution is 5.66. The molecule has 0 aromatic heterocycles. The Morgan fingerprint density at radius 3 is 2.39 bits per heavy atom. The van der Waals surface area contributed by atoms with E-state index in [1.54, 1.807) is 6.08 Å². The van der Waals surface area contributed by atoms with Crippen LogP contribution in [-0.2, 0) is 4.79 Å². The maximum Gasteiger partial charge on any atom is 0.303 e. The molecule has 0 saturated heterocycles. The molecule has 3 heteroatoms. The molecule has 128 valence electrons. The molecule has 0 aliphatic rings. The van der Waals surface area contributed by atoms with E-state index in [2.05, 4.69) is 25.2 Å². The first-order valence-electron chi connectivity index (χ1n) is 8.35. The lowest BCUT2D eigenvalue weighted by Gasteiger charge is -1.98. The number of rotatable bonds is 13. The van der Waals surface area contributed by atoms with E-state index in [0.717, 1.165) is 25.7 Å². The number of carboxylic acid groups (broad SMARTS) is 1. The minimum absolute atomic E-state index is 0.224. The van der Waals surface area contributed by atoms with Gasteiger partial charge in [-0.15, -0.1) is 0 Å². The molecule has 0 aliphatic carbocycles. The van der Waals surface area contributed by atoms with Crippen molar-refractivity contribution >= 4 is 5.97 Å². The normalized spacial score (nSPS) is 14.2. The number of allylic oxidation sites excluding steroid dienone is 8. The van der Waals surface area contributed by atoms with E-state index in [-0.39, 0.29) is 6.42 Å². The van der Waals surface area contributed by atoms with Crippen LogP contribution in [0.1, 0.15) is 51.9 Å². The fraction of sp³-hybridized carbons (Fsp3) is 0.450. The molecule has 0 saturated carbocycles. The van der Waals surface area contributed by atoms with Gasteiger partial charge in [0.25, 0.3) is 0 Å². The van der Waals surface area contributed by atoms with E-state index >= 15 is 0 Å². The number of hydrogen-bond donors (Lipinski definition) is 2. The predicted molar refractivity (Wildman–Crippen MR) is 97.3 cm³/mol. The molecule has 0 rings (SSSR count). The van der Waals surface area contributed by atoms with Crippen LogP contribution in [0.5, 0.6) is 0 Å². The maximum atomic E-state index is 10.3. The Bertz CT molecular complexity index is 428. The zero-order valence-corrected chi connectivity index (χ0v) is 14.1. The summed E-state index contributed by atoms with van der Waals surface area (Å²) in [5.74, 6) is -0.743. The summed E-state index contributed by atoms with van der Waals surface area (Å²) in [6.45, 7) is 2.11. The van der Waals surface area contributed by atoms with Gasteiger partial charge in [-0.25, -0.2) is 0 Å². The molecule has 0 aliphatic heterocycles. The number of carbonyl (C=O) groups is 1. The second-order valence-electron chi connectivity index (χ2n) is 5.20. The van der Waals surface area contributed by atoms with E-state index in [1.165, 1.54) is 0 Å². The lowest BCUT2D eigenvalue weighted by atomic mass is 10.2. The smallest absolute Gasteiger partial charge is 0.303 e. The molecule has 23 heavy (non-hydrogen) atoms. The third kappa shape index (κ3) is 18.1. The molecule has 1 atom stereocenters. The molecular weight excluding hydrogens is 288 g/mol. The van der Waals surface area contributed by atoms with Crippen LogP contribution in [0.3, 0.4) is 0 Å². The van der Waals surface area contributed by atoms with Crippen LogP contribution in [0.25, 0.3) is 0 Å². The van der Waals surface area contributed by atoms with Crippen LogP contribution in [0.2, 0.25) is 0 Å². The van der Waals surface area contributed by atoms with Crippen molar-refractivity contribution in [3.05, 3.63) is 60.8 Å². The largest absolute Gasteiger partial charge is 0.481 e. The summed E-state index contributed by atoms with van der Waals surface area (Å²) in [5, 5.41) is 18.2. The highest BCUT2D eigenvalue weighted by Crippen LogP contribution is 2.00. The van der Waals surface area contributed by atoms with Crippen LogP contribution in [-0.4, -0.2) is 22.3 Å². The Balaban J connectivity index is 3.67. The van der Waals surface area contributed by atoms with Crippen LogP contribution in [0.4, 0.5) is 0 Å². The summed E-state index contributed by atoms with van der Waals surface area (Å²) in [6.07, 6.45) is 24.6. The standard InChI is InChI=1S/C20H30O3/c1-2-3-4-5-7-10-13-16-19(21)17-14-11-8-6-9-12-15-18-20(22)23/h3-4,6-7,9-11,13-14,16,19,21H,2,5,8,12,15,17-18H2,1H3,(H,22,23)/b4-3+,9-6+,10-7+,14-11-,16-13+/t19-/m0/s1. The van der Waals surface area contributed by atoms with Crippen LogP contribution >= 0.6 is 0 Å². The lowest BCUT2D eigenvalue weighted by Crippen LogP contribution is -1.98. The molecule has 0 unspecified atom stereocenters. The molecule has 0 aromatic rings. The summed E-state index contributed by atoms with van der Waals surface area (Å²) < 4.78 is 0. The first-order chi connectivity index (χ1) is 11.2. The Hall–Kier alpha value is -1.87. The van der Waals surface area contributed by atoms with E-state index in [4.69, 9.17) is 5.11 Å². The summed E-state index contributed by atoms with van der Waals surface area (Å²) in [4.78, 5) is 10.3. The highest BCUT2D eigenvalue weighted by Gasteiger charge is 1.93. The molecule has 0 spiro atoms. The van der Waals surface area contributed by atoms with Gasteiger partial charge >= 0.3 is 5.97 Å². The van der Waals surface area contributed by atoms with Crippen molar-refractivity contribution in [1.82, 2.24) is 0 Å². The number of aliphatic carboxylic acids is 1. The van der Waals surface area contributed by atoms with E-state index in [1.807, 2.05) is 36.5 Å². The zero-order valence-electron chi connectivity index (χ0n) is 14.1. The van der Waals surface area contributed by atoms with Gasteiger partial charge < -0.3 is 10.2 Å². The Morgan fingerprint density at radius 2 is 1.65 bits per heavy atom. The van der Waals surface area contributed by atoms with E-state index in [9.17, 15) is 9.90 Å². The minimum atomic E-state index is -0.743. The Labute approximate surface area is 140 Å². The van der Waals surface area contributed by atoms with Crippen molar-refractivity contribution in [2.24, 2.45) is 0 Å². The average molecular weight is 318 g/mol. The van der Waals surface area contributed by atoms with Gasteiger partial charge in [0, 0.05) is 6.42 Å². The SMILES string of the molecule is CC/C=C/C/C=C/C=C/[C@H](O)C/C=C\C/C=C/CCCC(=O)O. The lowest BCUT2D eigenvalue weighted by molar-refractivity contribution is -0.137. The second kappa shape index (κ2) is 16.5. The quantitative estimate of drug-likeness (QED) is 0.286. The third-order valence-corrected chi connectivity index (χ3v) is 3.00. The summed E-state index contributed by atoms with van der Waals surface area (Å²) in [5.41, 5.74) is 0. The van der Waals surface area contributed by atoms with Crippen molar-refractivity contribution in [3.8, 4) is 0 Å². The second-order valence-corrected chi connectivity index (χ2v) is 5.20. The van der Waals surface area contributed by atoms with E-state index in [0.29, 0.717) is 12.8 Å². The molecule has 0 bridgehead atoms.